The van der Waals surface area contributed by atoms with Crippen molar-refractivity contribution in [3.05, 3.63) is 48.0 Å². The predicted molar refractivity (Wildman–Crippen MR) is 84.6 cm³/mol. The number of anilines is 1. The summed E-state index contributed by atoms with van der Waals surface area (Å²) in [7, 11) is 0. The summed E-state index contributed by atoms with van der Waals surface area (Å²) in [6.07, 6.45) is 2.43. The van der Waals surface area contributed by atoms with E-state index in [4.69, 9.17) is 9.84 Å². The van der Waals surface area contributed by atoms with E-state index in [9.17, 15) is 9.59 Å². The lowest BCUT2D eigenvalue weighted by atomic mass is 10.2. The third-order valence-corrected chi connectivity index (χ3v) is 2.82. The van der Waals surface area contributed by atoms with Crippen molar-refractivity contribution in [2.24, 2.45) is 0 Å². The Labute approximate surface area is 133 Å². The molecular formula is C16H19N3O4. The summed E-state index contributed by atoms with van der Waals surface area (Å²) < 4.78 is 6.85. The van der Waals surface area contributed by atoms with Gasteiger partial charge < -0.3 is 14.4 Å². The molecule has 23 heavy (non-hydrogen) atoms. The van der Waals surface area contributed by atoms with Gasteiger partial charge in [-0.1, -0.05) is 12.1 Å². The number of carbonyl (C=O) groups excluding carboxylic acids is 1. The first-order valence-electron chi connectivity index (χ1n) is 7.07. The quantitative estimate of drug-likeness (QED) is 0.904. The Morgan fingerprint density at radius 2 is 1.91 bits per heavy atom. The minimum Gasteiger partial charge on any atom is -0.476 e. The molecule has 1 aromatic heterocycles. The molecule has 1 heterocycles. The van der Waals surface area contributed by atoms with E-state index in [2.05, 4.69) is 10.3 Å². The van der Waals surface area contributed by atoms with Crippen LogP contribution < -0.4 is 5.32 Å². The van der Waals surface area contributed by atoms with Crippen LogP contribution in [0.4, 0.5) is 10.5 Å². The Morgan fingerprint density at radius 3 is 2.43 bits per heavy atom. The fraction of sp³-hybridized carbons (Fsp3) is 0.312. The first-order chi connectivity index (χ1) is 10.7. The summed E-state index contributed by atoms with van der Waals surface area (Å²) in [6, 6.07) is 7.20. The summed E-state index contributed by atoms with van der Waals surface area (Å²) in [5, 5.41) is 11.5. The zero-order valence-corrected chi connectivity index (χ0v) is 13.2. The van der Waals surface area contributed by atoms with Gasteiger partial charge in [0.1, 0.15) is 5.60 Å². The molecule has 0 aliphatic rings. The van der Waals surface area contributed by atoms with E-state index in [-0.39, 0.29) is 5.69 Å². The first-order valence-corrected chi connectivity index (χ1v) is 7.07. The number of benzene rings is 1. The molecular weight excluding hydrogens is 298 g/mol. The van der Waals surface area contributed by atoms with Crippen LogP contribution in [0.25, 0.3) is 0 Å². The molecule has 0 saturated carbocycles. The van der Waals surface area contributed by atoms with Crippen LogP contribution in [0.15, 0.2) is 36.8 Å². The van der Waals surface area contributed by atoms with Gasteiger partial charge in [0.05, 0.1) is 6.33 Å². The van der Waals surface area contributed by atoms with Crippen LogP contribution in [0, 0.1) is 0 Å². The summed E-state index contributed by atoms with van der Waals surface area (Å²) >= 11 is 0. The lowest BCUT2D eigenvalue weighted by Crippen LogP contribution is -2.27. The molecule has 0 aliphatic carbocycles. The van der Waals surface area contributed by atoms with Gasteiger partial charge in [0.25, 0.3) is 0 Å². The van der Waals surface area contributed by atoms with Crippen LogP contribution in [0.2, 0.25) is 0 Å². The minimum absolute atomic E-state index is 0.00760. The average Bonchev–Trinajstić information content (AvgIpc) is 2.87. The van der Waals surface area contributed by atoms with Gasteiger partial charge >= 0.3 is 12.1 Å². The maximum Gasteiger partial charge on any atom is 0.412 e. The van der Waals surface area contributed by atoms with Crippen LogP contribution >= 0.6 is 0 Å². The lowest BCUT2D eigenvalue weighted by Gasteiger charge is -2.19. The molecule has 7 heteroatoms. The Balaban J connectivity index is 1.96. The maximum atomic E-state index is 11.7. The van der Waals surface area contributed by atoms with Crippen molar-refractivity contribution in [3.8, 4) is 0 Å². The molecule has 1 amide bonds. The second-order valence-electron chi connectivity index (χ2n) is 6.06. The smallest absolute Gasteiger partial charge is 0.412 e. The van der Waals surface area contributed by atoms with Gasteiger partial charge in [-0.3, -0.25) is 5.32 Å². The molecule has 2 rings (SSSR count). The van der Waals surface area contributed by atoms with Crippen molar-refractivity contribution in [2.75, 3.05) is 5.32 Å². The third kappa shape index (κ3) is 5.14. The Hall–Kier alpha value is -2.83. The molecule has 7 nitrogen and oxygen atoms in total. The van der Waals surface area contributed by atoms with Crippen molar-refractivity contribution in [2.45, 2.75) is 32.9 Å². The number of carbonyl (C=O) groups is 2. The molecule has 0 radical (unpaired) electrons. The van der Waals surface area contributed by atoms with Crippen LogP contribution in [-0.4, -0.2) is 32.3 Å². The SMILES string of the molecule is CC(C)(C)OC(=O)Nc1ccc(Cn2cnc(C(=O)O)c2)cc1. The number of aromatic nitrogens is 2. The molecule has 0 atom stereocenters. The molecule has 0 aliphatic heterocycles. The number of ether oxygens (including phenoxy) is 1. The van der Waals surface area contributed by atoms with Crippen LogP contribution in [0.5, 0.6) is 0 Å². The molecule has 0 unspecified atom stereocenters. The number of amides is 1. The van der Waals surface area contributed by atoms with Gasteiger partial charge in [0.2, 0.25) is 0 Å². The second kappa shape index (κ2) is 6.51. The van der Waals surface area contributed by atoms with Crippen LogP contribution in [0.1, 0.15) is 36.8 Å². The Morgan fingerprint density at radius 1 is 1.26 bits per heavy atom. The standard InChI is InChI=1S/C16H19N3O4/c1-16(2,3)23-15(22)18-12-6-4-11(5-7-12)8-19-9-13(14(20)21)17-10-19/h4-7,9-10H,8H2,1-3H3,(H,18,22)(H,20,21). The van der Waals surface area contributed by atoms with Crippen molar-refractivity contribution < 1.29 is 19.4 Å². The van der Waals surface area contributed by atoms with Gasteiger partial charge in [0, 0.05) is 18.4 Å². The number of carboxylic acid groups (broad SMARTS) is 1. The number of carboxylic acids is 1. The average molecular weight is 317 g/mol. The summed E-state index contributed by atoms with van der Waals surface area (Å²) in [4.78, 5) is 26.2. The molecule has 0 spiro atoms. The zero-order valence-electron chi connectivity index (χ0n) is 13.2. The fourth-order valence-electron chi connectivity index (χ4n) is 1.88. The molecule has 0 fully saturated rings. The monoisotopic (exact) mass is 317 g/mol. The van der Waals surface area contributed by atoms with Gasteiger partial charge in [-0.05, 0) is 38.5 Å². The number of hydrogen-bond donors (Lipinski definition) is 2. The van der Waals surface area contributed by atoms with E-state index < -0.39 is 17.7 Å². The molecule has 2 aromatic rings. The highest BCUT2D eigenvalue weighted by Crippen LogP contribution is 2.14. The normalized spacial score (nSPS) is 11.1. The van der Waals surface area contributed by atoms with E-state index in [1.165, 1.54) is 12.5 Å². The fourth-order valence-corrected chi connectivity index (χ4v) is 1.88. The molecule has 0 saturated heterocycles. The van der Waals surface area contributed by atoms with Crippen LogP contribution in [0.3, 0.4) is 0 Å². The van der Waals surface area contributed by atoms with Crippen LogP contribution in [-0.2, 0) is 11.3 Å². The van der Waals surface area contributed by atoms with Crippen molar-refractivity contribution in [1.82, 2.24) is 9.55 Å². The summed E-state index contributed by atoms with van der Waals surface area (Å²) in [6.45, 7) is 5.89. The third-order valence-electron chi connectivity index (χ3n) is 2.82. The minimum atomic E-state index is -1.05. The predicted octanol–water partition coefficient (Wildman–Crippen LogP) is 2.98. The molecule has 122 valence electrons. The topological polar surface area (TPSA) is 93.5 Å². The largest absolute Gasteiger partial charge is 0.476 e. The van der Waals surface area contributed by atoms with Crippen molar-refractivity contribution in [3.63, 3.8) is 0 Å². The van der Waals surface area contributed by atoms with Gasteiger partial charge in [-0.25, -0.2) is 14.6 Å². The van der Waals surface area contributed by atoms with E-state index >= 15 is 0 Å². The van der Waals surface area contributed by atoms with E-state index in [1.807, 2.05) is 12.1 Å². The lowest BCUT2D eigenvalue weighted by molar-refractivity contribution is 0.0634. The van der Waals surface area contributed by atoms with E-state index in [0.29, 0.717) is 12.2 Å². The number of aromatic carboxylic acids is 1. The van der Waals surface area contributed by atoms with Gasteiger partial charge in [0.15, 0.2) is 5.69 Å². The molecule has 0 bridgehead atoms. The molecule has 2 N–H and O–H groups in total. The second-order valence-corrected chi connectivity index (χ2v) is 6.06. The maximum absolute atomic E-state index is 11.7. The number of nitrogens with one attached hydrogen (secondary N) is 1. The number of nitrogens with zero attached hydrogens (tertiary/aromatic N) is 2. The number of imidazole rings is 1. The molecule has 1 aromatic carbocycles. The van der Waals surface area contributed by atoms with Gasteiger partial charge in [-0.2, -0.15) is 0 Å². The van der Waals surface area contributed by atoms with Gasteiger partial charge in [-0.15, -0.1) is 0 Å². The van der Waals surface area contributed by atoms with Crippen molar-refractivity contribution in [1.29, 1.82) is 0 Å². The Kier molecular flexibility index (Phi) is 4.68. The summed E-state index contributed by atoms with van der Waals surface area (Å²) in [5.41, 5.74) is 1.04. The highest BCUT2D eigenvalue weighted by Gasteiger charge is 2.16. The highest BCUT2D eigenvalue weighted by atomic mass is 16.6. The number of rotatable bonds is 4. The van der Waals surface area contributed by atoms with E-state index in [1.54, 1.807) is 37.5 Å². The summed E-state index contributed by atoms with van der Waals surface area (Å²) in [5.74, 6) is -1.05. The number of hydrogen-bond acceptors (Lipinski definition) is 4. The van der Waals surface area contributed by atoms with E-state index in [0.717, 1.165) is 5.56 Å². The van der Waals surface area contributed by atoms with Crippen molar-refractivity contribution >= 4 is 17.7 Å². The highest BCUT2D eigenvalue weighted by molar-refractivity contribution is 5.85. The first kappa shape index (κ1) is 16.5. The Bertz CT molecular complexity index is 699. The zero-order chi connectivity index (χ0) is 17.0.